The number of hydrogen-bond acceptors (Lipinski definition) is 6. The molecule has 23 heavy (non-hydrogen) atoms. The van der Waals surface area contributed by atoms with Gasteiger partial charge in [0.25, 0.3) is 0 Å². The van der Waals surface area contributed by atoms with Crippen LogP contribution in [0.4, 0.5) is 5.82 Å². The molecule has 1 amide bonds. The summed E-state index contributed by atoms with van der Waals surface area (Å²) in [6, 6.07) is 3.89. The third kappa shape index (κ3) is 4.26. The molecule has 1 aliphatic rings. The highest BCUT2D eigenvalue weighted by Gasteiger charge is 2.16. The van der Waals surface area contributed by atoms with Gasteiger partial charge in [0.2, 0.25) is 5.91 Å². The quantitative estimate of drug-likeness (QED) is 0.820. The highest BCUT2D eigenvalue weighted by molar-refractivity contribution is 5.76. The van der Waals surface area contributed by atoms with Crippen molar-refractivity contribution in [2.45, 2.75) is 19.5 Å². The van der Waals surface area contributed by atoms with Gasteiger partial charge in [-0.3, -0.25) is 9.48 Å². The number of anilines is 1. The molecule has 8 heteroatoms. The fourth-order valence-electron chi connectivity index (χ4n) is 2.47. The number of ether oxygens (including phenoxy) is 1. The molecule has 1 fully saturated rings. The van der Waals surface area contributed by atoms with Crippen LogP contribution in [0.2, 0.25) is 0 Å². The van der Waals surface area contributed by atoms with Crippen molar-refractivity contribution < 1.29 is 9.53 Å². The Morgan fingerprint density at radius 2 is 2.22 bits per heavy atom. The van der Waals surface area contributed by atoms with Crippen LogP contribution in [0.3, 0.4) is 0 Å². The van der Waals surface area contributed by atoms with Gasteiger partial charge in [0.05, 0.1) is 19.8 Å². The molecule has 2 aromatic rings. The summed E-state index contributed by atoms with van der Waals surface area (Å²) in [5, 5.41) is 6.92. The van der Waals surface area contributed by atoms with Gasteiger partial charge in [0, 0.05) is 37.8 Å². The molecule has 0 bridgehead atoms. The molecule has 0 spiro atoms. The van der Waals surface area contributed by atoms with Gasteiger partial charge in [-0.05, 0) is 6.07 Å². The maximum absolute atomic E-state index is 12.0. The SMILES string of the molecule is O=C(CCn1cncn1)NCc1cccnc1N1CCOCC1. The molecule has 0 atom stereocenters. The van der Waals surface area contributed by atoms with Gasteiger partial charge in [0.1, 0.15) is 18.5 Å². The Morgan fingerprint density at radius 3 is 3.00 bits per heavy atom. The van der Waals surface area contributed by atoms with Crippen LogP contribution in [0, 0.1) is 0 Å². The highest BCUT2D eigenvalue weighted by atomic mass is 16.5. The highest BCUT2D eigenvalue weighted by Crippen LogP contribution is 2.18. The van der Waals surface area contributed by atoms with Crippen LogP contribution in [0.15, 0.2) is 31.0 Å². The third-order valence-corrected chi connectivity index (χ3v) is 3.69. The summed E-state index contributed by atoms with van der Waals surface area (Å²) in [4.78, 5) is 22.5. The molecule has 8 nitrogen and oxygen atoms in total. The number of hydrogen-bond donors (Lipinski definition) is 1. The molecule has 0 saturated carbocycles. The lowest BCUT2D eigenvalue weighted by atomic mass is 10.2. The van der Waals surface area contributed by atoms with E-state index in [1.807, 2.05) is 12.1 Å². The first-order chi connectivity index (χ1) is 11.3. The third-order valence-electron chi connectivity index (χ3n) is 3.69. The summed E-state index contributed by atoms with van der Waals surface area (Å²) in [5.41, 5.74) is 1.02. The van der Waals surface area contributed by atoms with E-state index >= 15 is 0 Å². The van der Waals surface area contributed by atoms with E-state index in [-0.39, 0.29) is 5.91 Å². The first-order valence-corrected chi connectivity index (χ1v) is 7.68. The van der Waals surface area contributed by atoms with Gasteiger partial charge in [-0.2, -0.15) is 5.10 Å². The van der Waals surface area contributed by atoms with E-state index < -0.39 is 0 Å². The number of amides is 1. The molecule has 1 aliphatic heterocycles. The van der Waals surface area contributed by atoms with E-state index in [2.05, 4.69) is 25.3 Å². The van der Waals surface area contributed by atoms with Crippen molar-refractivity contribution in [1.29, 1.82) is 0 Å². The van der Waals surface area contributed by atoms with E-state index in [0.717, 1.165) is 24.5 Å². The average molecular weight is 316 g/mol. The second-order valence-corrected chi connectivity index (χ2v) is 5.27. The summed E-state index contributed by atoms with van der Waals surface area (Å²) >= 11 is 0. The number of aryl methyl sites for hydroxylation is 1. The van der Waals surface area contributed by atoms with Crippen LogP contribution < -0.4 is 10.2 Å². The van der Waals surface area contributed by atoms with Gasteiger partial charge < -0.3 is 15.0 Å². The number of nitrogens with one attached hydrogen (secondary N) is 1. The Balaban J connectivity index is 1.54. The lowest BCUT2D eigenvalue weighted by molar-refractivity contribution is -0.121. The number of nitrogens with zero attached hydrogens (tertiary/aromatic N) is 5. The molecule has 3 heterocycles. The summed E-state index contributed by atoms with van der Waals surface area (Å²) in [7, 11) is 0. The Hall–Kier alpha value is -2.48. The van der Waals surface area contributed by atoms with E-state index in [9.17, 15) is 4.79 Å². The van der Waals surface area contributed by atoms with Gasteiger partial charge >= 0.3 is 0 Å². The molecule has 3 rings (SSSR count). The van der Waals surface area contributed by atoms with E-state index in [0.29, 0.717) is 32.7 Å². The fourth-order valence-corrected chi connectivity index (χ4v) is 2.47. The zero-order valence-corrected chi connectivity index (χ0v) is 12.9. The van der Waals surface area contributed by atoms with Crippen molar-refractivity contribution in [2.24, 2.45) is 0 Å². The van der Waals surface area contributed by atoms with Crippen molar-refractivity contribution in [3.8, 4) is 0 Å². The number of pyridine rings is 1. The van der Waals surface area contributed by atoms with Gasteiger partial charge in [0.15, 0.2) is 0 Å². The maximum atomic E-state index is 12.0. The standard InChI is InChI=1S/C15H20N6O2/c22-14(3-5-21-12-16-11-19-21)18-10-13-2-1-4-17-15(13)20-6-8-23-9-7-20/h1-2,4,11-12H,3,5-10H2,(H,18,22). The Bertz CT molecular complexity index is 625. The molecule has 0 aliphatic carbocycles. The molecule has 0 radical (unpaired) electrons. The summed E-state index contributed by atoms with van der Waals surface area (Å²) in [5.74, 6) is 0.907. The first-order valence-electron chi connectivity index (χ1n) is 7.68. The molecule has 1 saturated heterocycles. The topological polar surface area (TPSA) is 85.2 Å². The van der Waals surface area contributed by atoms with Crippen molar-refractivity contribution in [1.82, 2.24) is 25.1 Å². The van der Waals surface area contributed by atoms with Crippen molar-refractivity contribution in [3.63, 3.8) is 0 Å². The summed E-state index contributed by atoms with van der Waals surface area (Å²) in [6.45, 7) is 4.06. The largest absolute Gasteiger partial charge is 0.378 e. The van der Waals surface area contributed by atoms with Crippen LogP contribution in [-0.2, 0) is 22.6 Å². The van der Waals surface area contributed by atoms with E-state index in [1.54, 1.807) is 17.2 Å². The smallest absolute Gasteiger partial charge is 0.222 e. The van der Waals surface area contributed by atoms with E-state index in [1.165, 1.54) is 6.33 Å². The molecule has 0 aromatic carbocycles. The minimum atomic E-state index is -0.0164. The van der Waals surface area contributed by atoms with Crippen LogP contribution >= 0.6 is 0 Å². The predicted octanol–water partition coefficient (Wildman–Crippen LogP) is 0.216. The lowest BCUT2D eigenvalue weighted by Gasteiger charge is -2.29. The molecule has 122 valence electrons. The van der Waals surface area contributed by atoms with E-state index in [4.69, 9.17) is 4.74 Å². The maximum Gasteiger partial charge on any atom is 0.222 e. The summed E-state index contributed by atoms with van der Waals surface area (Å²) < 4.78 is 7.02. The average Bonchev–Trinajstić information content (AvgIpc) is 3.13. The summed E-state index contributed by atoms with van der Waals surface area (Å²) in [6.07, 6.45) is 5.21. The fraction of sp³-hybridized carbons (Fsp3) is 0.467. The second-order valence-electron chi connectivity index (χ2n) is 5.27. The van der Waals surface area contributed by atoms with Crippen LogP contribution in [0.1, 0.15) is 12.0 Å². The van der Waals surface area contributed by atoms with Crippen molar-refractivity contribution in [2.75, 3.05) is 31.2 Å². The number of carbonyl (C=O) groups is 1. The molecule has 1 N–H and O–H groups in total. The molecule has 2 aromatic heterocycles. The second kappa shape index (κ2) is 7.68. The molecule has 0 unspecified atom stereocenters. The minimum Gasteiger partial charge on any atom is -0.378 e. The Labute approximate surface area is 134 Å². The van der Waals surface area contributed by atoms with Crippen molar-refractivity contribution >= 4 is 11.7 Å². The number of carbonyl (C=O) groups excluding carboxylic acids is 1. The van der Waals surface area contributed by atoms with Crippen LogP contribution in [0.25, 0.3) is 0 Å². The van der Waals surface area contributed by atoms with Crippen LogP contribution in [0.5, 0.6) is 0 Å². The number of morpholine rings is 1. The lowest BCUT2D eigenvalue weighted by Crippen LogP contribution is -2.37. The zero-order chi connectivity index (χ0) is 15.9. The minimum absolute atomic E-state index is 0.0164. The zero-order valence-electron chi connectivity index (χ0n) is 12.9. The van der Waals surface area contributed by atoms with Gasteiger partial charge in [-0.15, -0.1) is 0 Å². The van der Waals surface area contributed by atoms with Crippen molar-refractivity contribution in [3.05, 3.63) is 36.5 Å². The normalized spacial score (nSPS) is 14.7. The Morgan fingerprint density at radius 1 is 1.35 bits per heavy atom. The van der Waals surface area contributed by atoms with Gasteiger partial charge in [-0.1, -0.05) is 6.07 Å². The first kappa shape index (κ1) is 15.4. The molecular weight excluding hydrogens is 296 g/mol. The number of aromatic nitrogens is 4. The van der Waals surface area contributed by atoms with Crippen LogP contribution in [-0.4, -0.2) is 52.0 Å². The van der Waals surface area contributed by atoms with Gasteiger partial charge in [-0.25, -0.2) is 9.97 Å². The predicted molar refractivity (Wildman–Crippen MR) is 83.8 cm³/mol. The molecular formula is C15H20N6O2. The monoisotopic (exact) mass is 316 g/mol. The number of rotatable bonds is 6. The Kier molecular flexibility index (Phi) is 5.15.